The van der Waals surface area contributed by atoms with Gasteiger partial charge in [0.05, 0.1) is 18.6 Å². The van der Waals surface area contributed by atoms with Crippen molar-refractivity contribution in [3.05, 3.63) is 0 Å². The third-order valence-corrected chi connectivity index (χ3v) is 3.86. The predicted molar refractivity (Wildman–Crippen MR) is 82.6 cm³/mol. The molecule has 0 aromatic heterocycles. The number of hydrogen-bond acceptors (Lipinski definition) is 4. The van der Waals surface area contributed by atoms with Crippen molar-refractivity contribution >= 4 is 12.1 Å². The van der Waals surface area contributed by atoms with Gasteiger partial charge in [-0.3, -0.25) is 4.79 Å². The lowest BCUT2D eigenvalue weighted by Gasteiger charge is -2.30. The number of rotatable bonds is 6. The number of carbonyl (C=O) groups excluding carboxylic acids is 1. The molecule has 0 aromatic carbocycles. The molecule has 1 aliphatic rings. The minimum Gasteiger partial charge on any atom is -0.481 e. The Morgan fingerprint density at radius 1 is 1.23 bits per heavy atom. The number of carboxylic acids is 1. The van der Waals surface area contributed by atoms with Gasteiger partial charge in [-0.25, -0.2) is 4.79 Å². The van der Waals surface area contributed by atoms with E-state index in [4.69, 9.17) is 9.84 Å². The third-order valence-electron chi connectivity index (χ3n) is 3.86. The highest BCUT2D eigenvalue weighted by atomic mass is 16.6. The Labute approximate surface area is 132 Å². The summed E-state index contributed by atoms with van der Waals surface area (Å²) in [5, 5.41) is 21.6. The van der Waals surface area contributed by atoms with Crippen LogP contribution < -0.4 is 5.32 Å². The minimum absolute atomic E-state index is 0.382. The highest BCUT2D eigenvalue weighted by Crippen LogP contribution is 2.28. The molecule has 1 saturated carbocycles. The lowest BCUT2D eigenvalue weighted by Crippen LogP contribution is -2.47. The van der Waals surface area contributed by atoms with Gasteiger partial charge >= 0.3 is 12.1 Å². The van der Waals surface area contributed by atoms with Crippen LogP contribution in [0.1, 0.15) is 65.7 Å². The van der Waals surface area contributed by atoms with Gasteiger partial charge in [-0.15, -0.1) is 0 Å². The zero-order chi connectivity index (χ0) is 16.8. The number of aliphatic hydroxyl groups is 1. The summed E-state index contributed by atoms with van der Waals surface area (Å²) < 4.78 is 5.20. The van der Waals surface area contributed by atoms with Crippen LogP contribution in [0.5, 0.6) is 0 Å². The standard InChI is InChI=1S/C16H29NO5/c1-16(2,3)22-15(21)17-12(13(18)10-14(19)20)9-11-7-5-4-6-8-11/h11-13,18H,4-10H2,1-3H3,(H,17,21)(H,19,20)/t12-,13-/m0/s1. The van der Waals surface area contributed by atoms with E-state index in [2.05, 4.69) is 5.32 Å². The number of carboxylic acid groups (broad SMARTS) is 1. The topological polar surface area (TPSA) is 95.9 Å². The summed E-state index contributed by atoms with van der Waals surface area (Å²) in [5.41, 5.74) is -0.628. The maximum atomic E-state index is 11.9. The molecule has 0 unspecified atom stereocenters. The highest BCUT2D eigenvalue weighted by Gasteiger charge is 2.29. The van der Waals surface area contributed by atoms with E-state index < -0.39 is 29.8 Å². The van der Waals surface area contributed by atoms with Gasteiger partial charge in [-0.05, 0) is 33.1 Å². The van der Waals surface area contributed by atoms with E-state index in [9.17, 15) is 14.7 Å². The molecule has 6 heteroatoms. The Morgan fingerprint density at radius 2 is 1.82 bits per heavy atom. The van der Waals surface area contributed by atoms with Crippen LogP contribution in [0.25, 0.3) is 0 Å². The molecule has 0 bridgehead atoms. The molecule has 2 atom stereocenters. The molecular weight excluding hydrogens is 286 g/mol. The summed E-state index contributed by atoms with van der Waals surface area (Å²) in [7, 11) is 0. The average Bonchev–Trinajstić information content (AvgIpc) is 2.36. The Hall–Kier alpha value is -1.30. The average molecular weight is 315 g/mol. The molecule has 1 aliphatic carbocycles. The maximum Gasteiger partial charge on any atom is 0.407 e. The van der Waals surface area contributed by atoms with Crippen molar-refractivity contribution in [1.82, 2.24) is 5.32 Å². The van der Waals surface area contributed by atoms with Crippen molar-refractivity contribution in [3.8, 4) is 0 Å². The Kier molecular flexibility index (Phi) is 7.13. The van der Waals surface area contributed by atoms with Gasteiger partial charge in [0.2, 0.25) is 0 Å². The summed E-state index contributed by atoms with van der Waals surface area (Å²) >= 11 is 0. The fraction of sp³-hybridized carbons (Fsp3) is 0.875. The number of carbonyl (C=O) groups is 2. The minimum atomic E-state index is -1.10. The van der Waals surface area contributed by atoms with Gasteiger partial charge in [0, 0.05) is 0 Å². The van der Waals surface area contributed by atoms with E-state index in [1.807, 2.05) is 0 Å². The zero-order valence-electron chi connectivity index (χ0n) is 13.8. The van der Waals surface area contributed by atoms with E-state index in [1.165, 1.54) is 6.42 Å². The first-order valence-corrected chi connectivity index (χ1v) is 8.07. The van der Waals surface area contributed by atoms with Gasteiger partial charge in [-0.1, -0.05) is 32.1 Å². The van der Waals surface area contributed by atoms with Crippen LogP contribution in [0.4, 0.5) is 4.79 Å². The molecule has 0 heterocycles. The molecule has 1 fully saturated rings. The molecule has 0 aliphatic heterocycles. The highest BCUT2D eigenvalue weighted by molar-refractivity contribution is 5.69. The number of alkyl carbamates (subject to hydrolysis) is 1. The van der Waals surface area contributed by atoms with E-state index in [0.717, 1.165) is 25.7 Å². The Balaban J connectivity index is 2.63. The largest absolute Gasteiger partial charge is 0.481 e. The van der Waals surface area contributed by atoms with Crippen molar-refractivity contribution < 1.29 is 24.5 Å². The molecule has 3 N–H and O–H groups in total. The third kappa shape index (κ3) is 7.64. The fourth-order valence-electron chi connectivity index (χ4n) is 2.87. The molecule has 6 nitrogen and oxygen atoms in total. The molecule has 1 amide bonds. The smallest absolute Gasteiger partial charge is 0.407 e. The van der Waals surface area contributed by atoms with E-state index in [1.54, 1.807) is 20.8 Å². The van der Waals surface area contributed by atoms with Crippen LogP contribution in [0.15, 0.2) is 0 Å². The molecular formula is C16H29NO5. The van der Waals surface area contributed by atoms with Gasteiger partial charge in [0.1, 0.15) is 5.60 Å². The van der Waals surface area contributed by atoms with E-state index >= 15 is 0 Å². The van der Waals surface area contributed by atoms with Crippen molar-refractivity contribution in [2.75, 3.05) is 0 Å². The van der Waals surface area contributed by atoms with Crippen LogP contribution in [0.2, 0.25) is 0 Å². The first-order valence-electron chi connectivity index (χ1n) is 8.07. The van der Waals surface area contributed by atoms with Crippen molar-refractivity contribution in [1.29, 1.82) is 0 Å². The second-order valence-corrected chi connectivity index (χ2v) is 7.16. The molecule has 0 radical (unpaired) electrons. The number of aliphatic carboxylic acids is 1. The number of amides is 1. The number of hydrogen-bond donors (Lipinski definition) is 3. The Bertz CT molecular complexity index is 371. The van der Waals surface area contributed by atoms with Gasteiger partial charge < -0.3 is 20.3 Å². The summed E-state index contributed by atoms with van der Waals surface area (Å²) in [6.45, 7) is 5.28. The Morgan fingerprint density at radius 3 is 2.32 bits per heavy atom. The first-order chi connectivity index (χ1) is 10.2. The summed E-state index contributed by atoms with van der Waals surface area (Å²) in [6, 6.07) is -0.589. The first kappa shape index (κ1) is 18.7. The molecule has 0 spiro atoms. The summed E-state index contributed by atoms with van der Waals surface area (Å²) in [5.74, 6) is -0.663. The van der Waals surface area contributed by atoms with Crippen molar-refractivity contribution in [2.24, 2.45) is 5.92 Å². The predicted octanol–water partition coefficient (Wildman–Crippen LogP) is 2.69. The fourth-order valence-corrected chi connectivity index (χ4v) is 2.87. The number of nitrogens with one attached hydrogen (secondary N) is 1. The van der Waals surface area contributed by atoms with Gasteiger partial charge in [-0.2, -0.15) is 0 Å². The second-order valence-electron chi connectivity index (χ2n) is 7.16. The SMILES string of the molecule is CC(C)(C)OC(=O)N[C@@H](CC1CCCCC1)[C@@H](O)CC(=O)O. The molecule has 128 valence electrons. The zero-order valence-corrected chi connectivity index (χ0v) is 13.8. The van der Waals surface area contributed by atoms with Crippen LogP contribution in [0.3, 0.4) is 0 Å². The van der Waals surface area contributed by atoms with Crippen molar-refractivity contribution in [3.63, 3.8) is 0 Å². The van der Waals surface area contributed by atoms with Crippen molar-refractivity contribution in [2.45, 2.75) is 83.5 Å². The molecule has 22 heavy (non-hydrogen) atoms. The van der Waals surface area contributed by atoms with E-state index in [-0.39, 0.29) is 6.42 Å². The quantitative estimate of drug-likeness (QED) is 0.700. The normalized spacial score (nSPS) is 19.3. The van der Waals surface area contributed by atoms with Crippen LogP contribution in [-0.4, -0.2) is 40.0 Å². The lowest BCUT2D eigenvalue weighted by molar-refractivity contribution is -0.139. The number of ether oxygens (including phenoxy) is 1. The molecule has 1 rings (SSSR count). The van der Waals surface area contributed by atoms with E-state index in [0.29, 0.717) is 12.3 Å². The van der Waals surface area contributed by atoms with Crippen LogP contribution in [-0.2, 0) is 9.53 Å². The second kappa shape index (κ2) is 8.36. The van der Waals surface area contributed by atoms with Gasteiger partial charge in [0.15, 0.2) is 0 Å². The number of aliphatic hydroxyl groups excluding tert-OH is 1. The summed E-state index contributed by atoms with van der Waals surface area (Å²) in [4.78, 5) is 22.7. The monoisotopic (exact) mass is 315 g/mol. The lowest BCUT2D eigenvalue weighted by atomic mass is 9.83. The van der Waals surface area contributed by atoms with Crippen LogP contribution >= 0.6 is 0 Å². The van der Waals surface area contributed by atoms with Gasteiger partial charge in [0.25, 0.3) is 0 Å². The maximum absolute atomic E-state index is 11.9. The summed E-state index contributed by atoms with van der Waals surface area (Å²) in [6.07, 6.45) is 4.14. The van der Waals surface area contributed by atoms with Crippen LogP contribution in [0, 0.1) is 5.92 Å². The molecule has 0 aromatic rings. The molecule has 0 saturated heterocycles.